The molecule has 0 atom stereocenters. The number of fused-ring (bicyclic) bond motifs is 3. The van der Waals surface area contributed by atoms with Gasteiger partial charge in [0.25, 0.3) is 0 Å². The molecular formula is C18H15NOS2. The predicted octanol–water partition coefficient (Wildman–Crippen LogP) is 5.64. The molecule has 0 saturated carbocycles. The second kappa shape index (κ2) is 4.80. The highest BCUT2D eigenvalue weighted by Gasteiger charge is 2.18. The lowest BCUT2D eigenvalue weighted by Gasteiger charge is -2.14. The fourth-order valence-corrected chi connectivity index (χ4v) is 5.33. The number of carbonyl (C=O) groups excluding carboxylic acids is 1. The Labute approximate surface area is 136 Å². The van der Waals surface area contributed by atoms with E-state index in [1.807, 2.05) is 6.07 Å². The van der Waals surface area contributed by atoms with Crippen molar-refractivity contribution < 1.29 is 4.79 Å². The third-order valence-corrected chi connectivity index (χ3v) is 6.16. The molecule has 0 amide bonds. The molecule has 0 radical (unpaired) electrons. The molecule has 3 heterocycles. The van der Waals surface area contributed by atoms with E-state index in [-0.39, 0.29) is 0 Å². The fraction of sp³-hybridized carbons (Fsp3) is 0.167. The standard InChI is InChI=1S/C18H15NOS2/c1-10-6-11(2)16(12(3)7-10)19-14-4-5-21-17(14)18-15(19)8-13(9-20)22-18/h4-9H,1-3H3. The number of aldehydes is 1. The molecule has 110 valence electrons. The van der Waals surface area contributed by atoms with Crippen LogP contribution in [0.2, 0.25) is 0 Å². The molecule has 0 aliphatic carbocycles. The van der Waals surface area contributed by atoms with Gasteiger partial charge in [-0.15, -0.1) is 22.7 Å². The quantitative estimate of drug-likeness (QED) is 0.437. The topological polar surface area (TPSA) is 22.0 Å². The van der Waals surface area contributed by atoms with Gasteiger partial charge in [0.05, 0.1) is 31.0 Å². The first-order valence-corrected chi connectivity index (χ1v) is 8.84. The molecule has 22 heavy (non-hydrogen) atoms. The summed E-state index contributed by atoms with van der Waals surface area (Å²) in [6.45, 7) is 6.45. The molecule has 4 heteroatoms. The maximum atomic E-state index is 11.2. The summed E-state index contributed by atoms with van der Waals surface area (Å²) in [5.41, 5.74) is 7.42. The summed E-state index contributed by atoms with van der Waals surface area (Å²) in [6.07, 6.45) is 0.948. The third-order valence-electron chi connectivity index (χ3n) is 4.04. The van der Waals surface area contributed by atoms with Gasteiger partial charge in [0.2, 0.25) is 0 Å². The van der Waals surface area contributed by atoms with Crippen LogP contribution in [0.4, 0.5) is 0 Å². The third kappa shape index (κ3) is 1.81. The Morgan fingerprint density at radius 2 is 1.73 bits per heavy atom. The summed E-state index contributed by atoms with van der Waals surface area (Å²) in [6, 6.07) is 8.63. The molecule has 2 nitrogen and oxygen atoms in total. The Bertz CT molecular complexity index is 1010. The van der Waals surface area contributed by atoms with Crippen molar-refractivity contribution in [3.8, 4) is 5.69 Å². The second-order valence-corrected chi connectivity index (χ2v) is 7.70. The van der Waals surface area contributed by atoms with Crippen molar-refractivity contribution in [1.82, 2.24) is 4.57 Å². The Morgan fingerprint density at radius 1 is 1.00 bits per heavy atom. The van der Waals surface area contributed by atoms with Gasteiger partial charge in [-0.2, -0.15) is 0 Å². The molecule has 0 saturated heterocycles. The van der Waals surface area contributed by atoms with Gasteiger partial charge in [-0.3, -0.25) is 4.79 Å². The van der Waals surface area contributed by atoms with E-state index in [1.54, 1.807) is 22.7 Å². The van der Waals surface area contributed by atoms with Gasteiger partial charge in [0.15, 0.2) is 6.29 Å². The smallest absolute Gasteiger partial charge is 0.160 e. The number of aryl methyl sites for hydroxylation is 3. The minimum absolute atomic E-state index is 0.788. The van der Waals surface area contributed by atoms with Crippen LogP contribution in [0, 0.1) is 20.8 Å². The van der Waals surface area contributed by atoms with E-state index in [4.69, 9.17) is 0 Å². The van der Waals surface area contributed by atoms with Crippen molar-refractivity contribution in [2.75, 3.05) is 0 Å². The maximum Gasteiger partial charge on any atom is 0.160 e. The number of hydrogen-bond donors (Lipinski definition) is 0. The average molecular weight is 325 g/mol. The number of rotatable bonds is 2. The van der Waals surface area contributed by atoms with E-state index in [0.29, 0.717) is 0 Å². The number of aromatic nitrogens is 1. The second-order valence-electron chi connectivity index (χ2n) is 5.70. The van der Waals surface area contributed by atoms with Gasteiger partial charge in [-0.1, -0.05) is 17.7 Å². The van der Waals surface area contributed by atoms with Crippen molar-refractivity contribution in [3.05, 3.63) is 51.2 Å². The van der Waals surface area contributed by atoms with Crippen LogP contribution >= 0.6 is 22.7 Å². The number of thiophene rings is 2. The molecular weight excluding hydrogens is 310 g/mol. The highest BCUT2D eigenvalue weighted by atomic mass is 32.1. The van der Waals surface area contributed by atoms with Crippen LogP contribution in [0.25, 0.3) is 26.1 Å². The SMILES string of the molecule is Cc1cc(C)c(-n2c3ccsc3c3sc(C=O)cc32)c(C)c1. The molecule has 3 aromatic heterocycles. The highest BCUT2D eigenvalue weighted by molar-refractivity contribution is 7.27. The lowest BCUT2D eigenvalue weighted by molar-refractivity contribution is 0.112. The van der Waals surface area contributed by atoms with E-state index in [0.717, 1.165) is 16.7 Å². The molecule has 0 fully saturated rings. The summed E-state index contributed by atoms with van der Waals surface area (Å²) in [4.78, 5) is 12.0. The normalized spacial score (nSPS) is 11.6. The van der Waals surface area contributed by atoms with Crippen molar-refractivity contribution in [1.29, 1.82) is 0 Å². The maximum absolute atomic E-state index is 11.2. The van der Waals surface area contributed by atoms with E-state index in [1.165, 1.54) is 37.3 Å². The fourth-order valence-electron chi connectivity index (χ4n) is 3.33. The van der Waals surface area contributed by atoms with Crippen molar-refractivity contribution in [2.24, 2.45) is 0 Å². The summed E-state index contributed by atoms with van der Waals surface area (Å²) >= 11 is 3.33. The lowest BCUT2D eigenvalue weighted by atomic mass is 10.0. The van der Waals surface area contributed by atoms with Crippen LogP contribution in [0.3, 0.4) is 0 Å². The number of carbonyl (C=O) groups is 1. The first kappa shape index (κ1) is 13.7. The number of hydrogen-bond acceptors (Lipinski definition) is 3. The van der Waals surface area contributed by atoms with E-state index < -0.39 is 0 Å². The molecule has 4 rings (SSSR count). The molecule has 0 unspecified atom stereocenters. The summed E-state index contributed by atoms with van der Waals surface area (Å²) in [5.74, 6) is 0. The Morgan fingerprint density at radius 3 is 2.41 bits per heavy atom. The number of benzene rings is 1. The van der Waals surface area contributed by atoms with Gasteiger partial charge in [0, 0.05) is 0 Å². The van der Waals surface area contributed by atoms with Gasteiger partial charge < -0.3 is 4.57 Å². The minimum atomic E-state index is 0.788. The van der Waals surface area contributed by atoms with Gasteiger partial charge >= 0.3 is 0 Å². The first-order chi connectivity index (χ1) is 10.6. The van der Waals surface area contributed by atoms with Gasteiger partial charge in [-0.05, 0) is 49.4 Å². The van der Waals surface area contributed by atoms with Crippen LogP contribution in [-0.4, -0.2) is 10.9 Å². The molecule has 0 aliphatic heterocycles. The summed E-state index contributed by atoms with van der Waals surface area (Å²) < 4.78 is 4.80. The number of nitrogens with zero attached hydrogens (tertiary/aromatic N) is 1. The average Bonchev–Trinajstić information content (AvgIpc) is 3.12. The minimum Gasteiger partial charge on any atom is -0.307 e. The molecule has 0 aliphatic rings. The largest absolute Gasteiger partial charge is 0.307 e. The van der Waals surface area contributed by atoms with Crippen LogP contribution in [-0.2, 0) is 0 Å². The van der Waals surface area contributed by atoms with Crippen molar-refractivity contribution in [3.63, 3.8) is 0 Å². The predicted molar refractivity (Wildman–Crippen MR) is 96.1 cm³/mol. The Kier molecular flexibility index (Phi) is 2.99. The van der Waals surface area contributed by atoms with E-state index >= 15 is 0 Å². The summed E-state index contributed by atoms with van der Waals surface area (Å²) in [5, 5.41) is 2.12. The molecule has 0 spiro atoms. The van der Waals surface area contributed by atoms with Gasteiger partial charge in [-0.25, -0.2) is 0 Å². The van der Waals surface area contributed by atoms with E-state index in [9.17, 15) is 4.79 Å². The Balaban J connectivity index is 2.18. The molecule has 1 aromatic carbocycles. The van der Waals surface area contributed by atoms with Crippen LogP contribution in [0.5, 0.6) is 0 Å². The van der Waals surface area contributed by atoms with Gasteiger partial charge in [0.1, 0.15) is 0 Å². The highest BCUT2D eigenvalue weighted by Crippen LogP contribution is 2.41. The molecule has 0 bridgehead atoms. The molecule has 0 N–H and O–H groups in total. The lowest BCUT2D eigenvalue weighted by Crippen LogP contribution is -2.00. The van der Waals surface area contributed by atoms with Crippen LogP contribution in [0.15, 0.2) is 29.6 Å². The van der Waals surface area contributed by atoms with Crippen molar-refractivity contribution >= 4 is 49.4 Å². The van der Waals surface area contributed by atoms with Crippen molar-refractivity contribution in [2.45, 2.75) is 20.8 Å². The zero-order valence-corrected chi connectivity index (χ0v) is 14.3. The Hall–Kier alpha value is -1.91. The van der Waals surface area contributed by atoms with E-state index in [2.05, 4.69) is 48.9 Å². The van der Waals surface area contributed by atoms with Crippen LogP contribution < -0.4 is 0 Å². The zero-order chi connectivity index (χ0) is 15.4. The molecule has 4 aromatic rings. The summed E-state index contributed by atoms with van der Waals surface area (Å²) in [7, 11) is 0. The van der Waals surface area contributed by atoms with Crippen LogP contribution in [0.1, 0.15) is 26.4 Å². The zero-order valence-electron chi connectivity index (χ0n) is 12.6. The monoisotopic (exact) mass is 325 g/mol. The first-order valence-electron chi connectivity index (χ1n) is 7.15.